The largest absolute Gasteiger partial charge is 0.369 e. The van der Waals surface area contributed by atoms with E-state index in [1.807, 2.05) is 18.3 Å². The molecule has 3 N–H and O–H groups in total. The van der Waals surface area contributed by atoms with Gasteiger partial charge in [-0.1, -0.05) is 0 Å². The minimum absolute atomic E-state index is 0.384. The van der Waals surface area contributed by atoms with Gasteiger partial charge in [0.05, 0.1) is 11.9 Å². The van der Waals surface area contributed by atoms with Crippen molar-refractivity contribution in [3.05, 3.63) is 30.7 Å². The maximum atomic E-state index is 5.49. The second-order valence-electron chi connectivity index (χ2n) is 3.13. The number of imidazole rings is 1. The van der Waals surface area contributed by atoms with E-state index < -0.39 is 0 Å². The van der Waals surface area contributed by atoms with E-state index >= 15 is 0 Å². The number of nitrogen functional groups attached to an aromatic ring is 1. The molecule has 0 atom stereocenters. The maximum Gasteiger partial charge on any atom is 0.197 e. The van der Waals surface area contributed by atoms with Crippen molar-refractivity contribution in [2.24, 2.45) is 0 Å². The van der Waals surface area contributed by atoms with Crippen LogP contribution in [0.4, 0.5) is 5.95 Å². The number of nitrogens with two attached hydrogens (primary N) is 1. The summed E-state index contributed by atoms with van der Waals surface area (Å²) in [7, 11) is 0. The Kier molecular flexibility index (Phi) is 1.49. The molecule has 0 aliphatic carbocycles. The van der Waals surface area contributed by atoms with E-state index in [4.69, 9.17) is 5.73 Å². The van der Waals surface area contributed by atoms with E-state index in [1.165, 1.54) is 0 Å². The Bertz CT molecular complexity index is 575. The Balaban J connectivity index is 2.19. The molecule has 0 saturated carbocycles. The number of aromatic amines is 1. The van der Waals surface area contributed by atoms with Gasteiger partial charge in [0.1, 0.15) is 5.69 Å². The summed E-state index contributed by atoms with van der Waals surface area (Å²) in [4.78, 5) is 11.0. The van der Waals surface area contributed by atoms with Crippen LogP contribution in [0, 0.1) is 0 Å². The number of rotatable bonds is 1. The first-order chi connectivity index (χ1) is 7.33. The molecule has 6 heteroatoms. The Morgan fingerprint density at radius 3 is 3.00 bits per heavy atom. The summed E-state index contributed by atoms with van der Waals surface area (Å²) in [5.74, 6) is 0.384. The molecule has 0 aliphatic rings. The fourth-order valence-electron chi connectivity index (χ4n) is 1.43. The molecular formula is C9H8N6. The molecule has 0 aliphatic heterocycles. The number of anilines is 1. The van der Waals surface area contributed by atoms with Gasteiger partial charge in [0.25, 0.3) is 0 Å². The third kappa shape index (κ3) is 1.23. The zero-order chi connectivity index (χ0) is 10.3. The van der Waals surface area contributed by atoms with Crippen molar-refractivity contribution in [1.82, 2.24) is 24.6 Å². The molecule has 0 fully saturated rings. The summed E-state index contributed by atoms with van der Waals surface area (Å²) in [5, 5.41) is 4.32. The summed E-state index contributed by atoms with van der Waals surface area (Å²) in [6, 6.07) is 3.69. The molecule has 0 amide bonds. The number of fused-ring (bicyclic) bond motifs is 1. The van der Waals surface area contributed by atoms with Crippen molar-refractivity contribution < 1.29 is 0 Å². The molecule has 0 aromatic carbocycles. The number of H-pyrrole nitrogens is 1. The fourth-order valence-corrected chi connectivity index (χ4v) is 1.43. The standard InChI is InChI=1S/C9H8N6/c10-9-12-5-7(13-9)6-4-8-11-2-1-3-15(8)14-6/h1-5H,(H3,10,12,13). The lowest BCUT2D eigenvalue weighted by Crippen LogP contribution is -1.88. The first-order valence-corrected chi connectivity index (χ1v) is 4.44. The van der Waals surface area contributed by atoms with Crippen LogP contribution < -0.4 is 5.73 Å². The normalized spacial score (nSPS) is 10.9. The molecule has 0 bridgehead atoms. The minimum Gasteiger partial charge on any atom is -0.369 e. The van der Waals surface area contributed by atoms with Gasteiger partial charge in [-0.2, -0.15) is 5.10 Å². The van der Waals surface area contributed by atoms with Gasteiger partial charge in [-0.05, 0) is 6.07 Å². The molecule has 3 aromatic heterocycles. The Morgan fingerprint density at radius 2 is 2.27 bits per heavy atom. The first-order valence-electron chi connectivity index (χ1n) is 4.44. The van der Waals surface area contributed by atoms with E-state index in [2.05, 4.69) is 20.1 Å². The van der Waals surface area contributed by atoms with E-state index in [0.29, 0.717) is 5.95 Å². The number of aromatic nitrogens is 5. The van der Waals surface area contributed by atoms with Crippen molar-refractivity contribution in [3.8, 4) is 11.4 Å². The predicted octanol–water partition coefficient (Wildman–Crippen LogP) is 0.702. The van der Waals surface area contributed by atoms with E-state index in [9.17, 15) is 0 Å². The Morgan fingerprint density at radius 1 is 1.33 bits per heavy atom. The highest BCUT2D eigenvalue weighted by Gasteiger charge is 2.06. The predicted molar refractivity (Wildman–Crippen MR) is 55.0 cm³/mol. The van der Waals surface area contributed by atoms with Crippen LogP contribution in [-0.4, -0.2) is 24.6 Å². The smallest absolute Gasteiger partial charge is 0.197 e. The van der Waals surface area contributed by atoms with Crippen molar-refractivity contribution in [3.63, 3.8) is 0 Å². The highest BCUT2D eigenvalue weighted by Crippen LogP contribution is 2.16. The molecule has 0 unspecified atom stereocenters. The van der Waals surface area contributed by atoms with Gasteiger partial charge < -0.3 is 10.7 Å². The molecule has 3 heterocycles. The first kappa shape index (κ1) is 7.98. The van der Waals surface area contributed by atoms with E-state index in [-0.39, 0.29) is 0 Å². The monoisotopic (exact) mass is 200 g/mol. The average Bonchev–Trinajstić information content (AvgIpc) is 2.82. The molecule has 3 aromatic rings. The highest BCUT2D eigenvalue weighted by molar-refractivity contribution is 5.60. The molecule has 0 saturated heterocycles. The lowest BCUT2D eigenvalue weighted by atomic mass is 10.3. The zero-order valence-electron chi connectivity index (χ0n) is 7.75. The van der Waals surface area contributed by atoms with Gasteiger partial charge in [0.15, 0.2) is 11.6 Å². The molecule has 3 rings (SSSR count). The molecule has 0 radical (unpaired) electrons. The second kappa shape index (κ2) is 2.81. The zero-order valence-corrected chi connectivity index (χ0v) is 7.75. The highest BCUT2D eigenvalue weighted by atomic mass is 15.2. The molecule has 6 nitrogen and oxygen atoms in total. The van der Waals surface area contributed by atoms with Gasteiger partial charge in [-0.3, -0.25) is 0 Å². The number of nitrogens with one attached hydrogen (secondary N) is 1. The van der Waals surface area contributed by atoms with E-state index in [1.54, 1.807) is 16.9 Å². The summed E-state index contributed by atoms with van der Waals surface area (Å²) < 4.78 is 1.70. The number of hydrogen-bond donors (Lipinski definition) is 2. The number of hydrogen-bond acceptors (Lipinski definition) is 4. The van der Waals surface area contributed by atoms with Crippen LogP contribution in [0.5, 0.6) is 0 Å². The van der Waals surface area contributed by atoms with Gasteiger partial charge in [0.2, 0.25) is 0 Å². The summed E-state index contributed by atoms with van der Waals surface area (Å²) in [6.07, 6.45) is 5.21. The lowest BCUT2D eigenvalue weighted by Gasteiger charge is -1.87. The lowest BCUT2D eigenvalue weighted by molar-refractivity contribution is 0.941. The minimum atomic E-state index is 0.384. The average molecular weight is 200 g/mol. The third-order valence-electron chi connectivity index (χ3n) is 2.11. The molecule has 15 heavy (non-hydrogen) atoms. The van der Waals surface area contributed by atoms with Crippen molar-refractivity contribution in [2.45, 2.75) is 0 Å². The van der Waals surface area contributed by atoms with Crippen LogP contribution in [-0.2, 0) is 0 Å². The summed E-state index contributed by atoms with van der Waals surface area (Å²) in [6.45, 7) is 0. The summed E-state index contributed by atoms with van der Waals surface area (Å²) >= 11 is 0. The fraction of sp³-hybridized carbons (Fsp3) is 0. The van der Waals surface area contributed by atoms with Crippen LogP contribution in [0.3, 0.4) is 0 Å². The maximum absolute atomic E-state index is 5.49. The van der Waals surface area contributed by atoms with Crippen LogP contribution in [0.15, 0.2) is 30.7 Å². The SMILES string of the molecule is Nc1ncc(-c2cc3ncccn3n2)[nH]1. The van der Waals surface area contributed by atoms with Crippen molar-refractivity contribution in [1.29, 1.82) is 0 Å². The van der Waals surface area contributed by atoms with Gasteiger partial charge in [-0.25, -0.2) is 14.5 Å². The van der Waals surface area contributed by atoms with Gasteiger partial charge >= 0.3 is 0 Å². The molecule has 0 spiro atoms. The third-order valence-corrected chi connectivity index (χ3v) is 2.11. The van der Waals surface area contributed by atoms with Crippen LogP contribution in [0.1, 0.15) is 0 Å². The second-order valence-corrected chi connectivity index (χ2v) is 3.13. The number of nitrogens with zero attached hydrogens (tertiary/aromatic N) is 4. The van der Waals surface area contributed by atoms with Gasteiger partial charge in [0, 0.05) is 18.5 Å². The van der Waals surface area contributed by atoms with Crippen LogP contribution >= 0.6 is 0 Å². The van der Waals surface area contributed by atoms with Gasteiger partial charge in [-0.15, -0.1) is 0 Å². The molecular weight excluding hydrogens is 192 g/mol. The summed E-state index contributed by atoms with van der Waals surface area (Å²) in [5.41, 5.74) is 7.85. The Labute approximate surface area is 84.8 Å². The van der Waals surface area contributed by atoms with Crippen molar-refractivity contribution in [2.75, 3.05) is 5.73 Å². The van der Waals surface area contributed by atoms with Crippen LogP contribution in [0.2, 0.25) is 0 Å². The van der Waals surface area contributed by atoms with E-state index in [0.717, 1.165) is 17.0 Å². The topological polar surface area (TPSA) is 84.9 Å². The molecule has 74 valence electrons. The van der Waals surface area contributed by atoms with Crippen LogP contribution in [0.25, 0.3) is 17.0 Å². The van der Waals surface area contributed by atoms with Crippen molar-refractivity contribution >= 4 is 11.6 Å². The quantitative estimate of drug-likeness (QED) is 0.605. The Hall–Kier alpha value is -2.37.